The van der Waals surface area contributed by atoms with Crippen molar-refractivity contribution in [2.45, 2.75) is 40.0 Å². The number of fused-ring (bicyclic) bond motifs is 2. The lowest BCUT2D eigenvalue weighted by molar-refractivity contribution is -0.121. The summed E-state index contributed by atoms with van der Waals surface area (Å²) >= 11 is 0. The van der Waals surface area contributed by atoms with E-state index < -0.39 is 0 Å². The third-order valence-electron chi connectivity index (χ3n) is 4.88. The number of rotatable bonds is 1. The van der Waals surface area contributed by atoms with Crippen LogP contribution < -0.4 is 0 Å². The fraction of sp³-hybridized carbons (Fsp3) is 0.769. The average molecular weight is 208 g/mol. The standard InChI is InChI=1S/C13H20O2/c1-12(2)10-5-6-13(12,3)8-9(15-4)7-11(10)14/h7,10H,5-6,8H2,1-4H3/t10-,13+/m0/s1. The molecular weight excluding hydrogens is 188 g/mol. The predicted molar refractivity (Wildman–Crippen MR) is 59.3 cm³/mol. The molecule has 2 aliphatic rings. The van der Waals surface area contributed by atoms with Crippen LogP contribution in [0.25, 0.3) is 0 Å². The molecule has 2 nitrogen and oxygen atoms in total. The zero-order valence-electron chi connectivity index (χ0n) is 10.1. The summed E-state index contributed by atoms with van der Waals surface area (Å²) in [5.41, 5.74) is 0.312. The van der Waals surface area contributed by atoms with Crippen molar-refractivity contribution in [2.24, 2.45) is 16.7 Å². The van der Waals surface area contributed by atoms with Crippen molar-refractivity contribution in [3.63, 3.8) is 0 Å². The van der Waals surface area contributed by atoms with E-state index in [1.54, 1.807) is 13.2 Å². The number of hydrogen-bond acceptors (Lipinski definition) is 2. The van der Waals surface area contributed by atoms with Gasteiger partial charge in [-0.3, -0.25) is 4.79 Å². The molecular formula is C13H20O2. The monoisotopic (exact) mass is 208 g/mol. The Morgan fingerprint density at radius 1 is 1.40 bits per heavy atom. The van der Waals surface area contributed by atoms with Gasteiger partial charge in [0.15, 0.2) is 5.78 Å². The zero-order chi connectivity index (χ0) is 11.3. The largest absolute Gasteiger partial charge is 0.501 e. The lowest BCUT2D eigenvalue weighted by Gasteiger charge is -2.39. The van der Waals surface area contributed by atoms with Crippen LogP contribution in [0.2, 0.25) is 0 Å². The van der Waals surface area contributed by atoms with E-state index in [9.17, 15) is 4.79 Å². The molecule has 0 aliphatic heterocycles. The van der Waals surface area contributed by atoms with E-state index >= 15 is 0 Å². The van der Waals surface area contributed by atoms with E-state index in [0.29, 0.717) is 0 Å². The van der Waals surface area contributed by atoms with Gasteiger partial charge in [-0.1, -0.05) is 20.8 Å². The second kappa shape index (κ2) is 3.10. The topological polar surface area (TPSA) is 26.3 Å². The van der Waals surface area contributed by atoms with Gasteiger partial charge in [0.1, 0.15) is 0 Å². The van der Waals surface area contributed by atoms with Gasteiger partial charge in [-0.15, -0.1) is 0 Å². The van der Waals surface area contributed by atoms with Gasteiger partial charge in [0.2, 0.25) is 0 Å². The maximum Gasteiger partial charge on any atom is 0.162 e. The van der Waals surface area contributed by atoms with Crippen LogP contribution in [0.4, 0.5) is 0 Å². The summed E-state index contributed by atoms with van der Waals surface area (Å²) in [5.74, 6) is 1.31. The maximum absolute atomic E-state index is 12.0. The SMILES string of the molecule is COC1=CC(=O)[C@@H]2CC[C@](C)(C1)C2(C)C. The Kier molecular flexibility index (Phi) is 2.21. The minimum absolute atomic E-state index is 0.0981. The summed E-state index contributed by atoms with van der Waals surface area (Å²) < 4.78 is 5.29. The molecule has 0 aromatic heterocycles. The lowest BCUT2D eigenvalue weighted by Crippen LogP contribution is -2.35. The number of ketones is 1. The zero-order valence-corrected chi connectivity index (χ0v) is 10.1. The van der Waals surface area contributed by atoms with Crippen LogP contribution >= 0.6 is 0 Å². The Labute approximate surface area is 91.7 Å². The molecule has 84 valence electrons. The second-order valence-electron chi connectivity index (χ2n) is 5.77. The minimum atomic E-state index is 0.0981. The van der Waals surface area contributed by atoms with E-state index in [0.717, 1.165) is 25.0 Å². The van der Waals surface area contributed by atoms with E-state index in [1.807, 2.05) is 0 Å². The van der Waals surface area contributed by atoms with Crippen LogP contribution in [0, 0.1) is 16.7 Å². The van der Waals surface area contributed by atoms with Crippen LogP contribution in [-0.2, 0) is 9.53 Å². The average Bonchev–Trinajstić information content (AvgIpc) is 2.32. The summed E-state index contributed by atoms with van der Waals surface area (Å²) in [6, 6.07) is 0. The molecule has 0 spiro atoms. The summed E-state index contributed by atoms with van der Waals surface area (Å²) in [6.45, 7) is 6.75. The number of ether oxygens (including phenoxy) is 1. The normalized spacial score (nSPS) is 38.5. The van der Waals surface area contributed by atoms with Crippen molar-refractivity contribution >= 4 is 5.78 Å². The van der Waals surface area contributed by atoms with Crippen LogP contribution in [0.15, 0.2) is 11.8 Å². The number of methoxy groups -OCH3 is 1. The minimum Gasteiger partial charge on any atom is -0.501 e. The third kappa shape index (κ3) is 1.34. The van der Waals surface area contributed by atoms with E-state index in [2.05, 4.69) is 20.8 Å². The lowest BCUT2D eigenvalue weighted by atomic mass is 9.64. The first-order valence-electron chi connectivity index (χ1n) is 5.69. The molecule has 1 fully saturated rings. The van der Waals surface area contributed by atoms with Crippen molar-refractivity contribution in [2.75, 3.05) is 7.11 Å². The van der Waals surface area contributed by atoms with Crippen molar-refractivity contribution in [3.05, 3.63) is 11.8 Å². The van der Waals surface area contributed by atoms with Crippen molar-refractivity contribution in [1.29, 1.82) is 0 Å². The van der Waals surface area contributed by atoms with Gasteiger partial charge < -0.3 is 4.74 Å². The highest BCUT2D eigenvalue weighted by molar-refractivity contribution is 5.93. The van der Waals surface area contributed by atoms with Gasteiger partial charge in [-0.05, 0) is 23.7 Å². The molecule has 0 heterocycles. The molecule has 0 unspecified atom stereocenters. The smallest absolute Gasteiger partial charge is 0.162 e. The van der Waals surface area contributed by atoms with Gasteiger partial charge >= 0.3 is 0 Å². The van der Waals surface area contributed by atoms with Gasteiger partial charge in [0.05, 0.1) is 12.9 Å². The fourth-order valence-electron chi connectivity index (χ4n) is 3.21. The summed E-state index contributed by atoms with van der Waals surface area (Å²) in [4.78, 5) is 12.0. The molecule has 0 amide bonds. The first kappa shape index (κ1) is 10.7. The van der Waals surface area contributed by atoms with E-state index in [4.69, 9.17) is 4.74 Å². The molecule has 2 heteroatoms. The van der Waals surface area contributed by atoms with Gasteiger partial charge in [0.25, 0.3) is 0 Å². The number of carbonyl (C=O) groups is 1. The highest BCUT2D eigenvalue weighted by Crippen LogP contribution is 2.60. The number of carbonyl (C=O) groups excluding carboxylic acids is 1. The third-order valence-corrected chi connectivity index (χ3v) is 4.88. The first-order chi connectivity index (χ1) is 6.90. The quantitative estimate of drug-likeness (QED) is 0.662. The Morgan fingerprint density at radius 3 is 2.67 bits per heavy atom. The Balaban J connectivity index is 2.45. The molecule has 0 aromatic carbocycles. The highest BCUT2D eigenvalue weighted by Gasteiger charge is 2.55. The number of allylic oxidation sites excluding steroid dienone is 2. The fourth-order valence-corrected chi connectivity index (χ4v) is 3.21. The summed E-state index contributed by atoms with van der Waals surface area (Å²) in [5, 5.41) is 0. The van der Waals surface area contributed by atoms with Crippen LogP contribution in [0.3, 0.4) is 0 Å². The second-order valence-corrected chi connectivity index (χ2v) is 5.77. The Hall–Kier alpha value is -0.790. The first-order valence-corrected chi connectivity index (χ1v) is 5.69. The van der Waals surface area contributed by atoms with E-state index in [-0.39, 0.29) is 22.5 Å². The van der Waals surface area contributed by atoms with E-state index in [1.165, 1.54) is 0 Å². The predicted octanol–water partition coefficient (Wildman–Crippen LogP) is 2.93. The Bertz CT molecular complexity index is 327. The van der Waals surface area contributed by atoms with Gasteiger partial charge in [0, 0.05) is 18.4 Å². The molecule has 0 N–H and O–H groups in total. The van der Waals surface area contributed by atoms with Crippen molar-refractivity contribution in [1.82, 2.24) is 0 Å². The van der Waals surface area contributed by atoms with Gasteiger partial charge in [-0.25, -0.2) is 0 Å². The molecule has 2 atom stereocenters. The van der Waals surface area contributed by atoms with Gasteiger partial charge in [-0.2, -0.15) is 0 Å². The van der Waals surface area contributed by atoms with Crippen molar-refractivity contribution < 1.29 is 9.53 Å². The molecule has 0 saturated heterocycles. The molecule has 1 saturated carbocycles. The van der Waals surface area contributed by atoms with Crippen LogP contribution in [0.1, 0.15) is 40.0 Å². The molecule has 2 rings (SSSR count). The molecule has 2 aliphatic carbocycles. The molecule has 15 heavy (non-hydrogen) atoms. The number of hydrogen-bond donors (Lipinski definition) is 0. The van der Waals surface area contributed by atoms with Crippen LogP contribution in [0.5, 0.6) is 0 Å². The maximum atomic E-state index is 12.0. The van der Waals surface area contributed by atoms with Crippen LogP contribution in [-0.4, -0.2) is 12.9 Å². The summed E-state index contributed by atoms with van der Waals surface area (Å²) in [7, 11) is 1.66. The molecule has 0 aromatic rings. The van der Waals surface area contributed by atoms with Crippen molar-refractivity contribution in [3.8, 4) is 0 Å². The molecule has 2 bridgehead atoms. The molecule has 0 radical (unpaired) electrons. The summed E-state index contributed by atoms with van der Waals surface area (Å²) in [6.07, 6.45) is 4.79. The Morgan fingerprint density at radius 2 is 2.07 bits per heavy atom. The highest BCUT2D eigenvalue weighted by atomic mass is 16.5.